The molecule has 0 aromatic carbocycles. The summed E-state index contributed by atoms with van der Waals surface area (Å²) in [6.07, 6.45) is 7.08. The number of hydrogen-bond acceptors (Lipinski definition) is 6. The molecule has 2 amide bonds. The van der Waals surface area contributed by atoms with Crippen LogP contribution in [0.5, 0.6) is 0 Å². The van der Waals surface area contributed by atoms with Gasteiger partial charge in [-0.25, -0.2) is 9.97 Å². The SMILES string of the molecule is CCCCN(C)C(=O)C1CCN(C(=O)C2CCN(c3ncnc4sc(C)c(C)c34)CC2)CC1. The Hall–Kier alpha value is -2.22. The Labute approximate surface area is 201 Å². The van der Waals surface area contributed by atoms with E-state index < -0.39 is 0 Å². The average Bonchev–Trinajstić information content (AvgIpc) is 3.15. The summed E-state index contributed by atoms with van der Waals surface area (Å²) in [5.74, 6) is 1.67. The Balaban J connectivity index is 1.30. The van der Waals surface area contributed by atoms with E-state index in [4.69, 9.17) is 0 Å². The molecule has 2 fully saturated rings. The summed E-state index contributed by atoms with van der Waals surface area (Å²) in [6, 6.07) is 0. The number of unbranched alkanes of at least 4 members (excludes halogenated alkanes) is 1. The molecule has 4 heterocycles. The van der Waals surface area contributed by atoms with Crippen molar-refractivity contribution in [1.29, 1.82) is 0 Å². The molecular formula is C25H37N5O2S. The number of amides is 2. The zero-order valence-electron chi connectivity index (χ0n) is 20.5. The van der Waals surface area contributed by atoms with Gasteiger partial charge in [-0.15, -0.1) is 11.3 Å². The van der Waals surface area contributed by atoms with Crippen LogP contribution < -0.4 is 4.90 Å². The number of aryl methyl sites for hydroxylation is 2. The molecule has 0 unspecified atom stereocenters. The van der Waals surface area contributed by atoms with E-state index in [0.29, 0.717) is 13.1 Å². The molecule has 0 bridgehead atoms. The third-order valence-electron chi connectivity index (χ3n) is 7.47. The van der Waals surface area contributed by atoms with Gasteiger partial charge in [-0.3, -0.25) is 9.59 Å². The van der Waals surface area contributed by atoms with E-state index in [-0.39, 0.29) is 23.7 Å². The second-order valence-electron chi connectivity index (χ2n) is 9.63. The second-order valence-corrected chi connectivity index (χ2v) is 10.8. The summed E-state index contributed by atoms with van der Waals surface area (Å²) in [4.78, 5) is 43.5. The fourth-order valence-electron chi connectivity index (χ4n) is 5.16. The van der Waals surface area contributed by atoms with Crippen LogP contribution in [0.1, 0.15) is 55.9 Å². The minimum absolute atomic E-state index is 0.0650. The number of hydrogen-bond donors (Lipinski definition) is 0. The highest BCUT2D eigenvalue weighted by atomic mass is 32.1. The van der Waals surface area contributed by atoms with Crippen molar-refractivity contribution in [3.63, 3.8) is 0 Å². The molecule has 8 heteroatoms. The molecule has 2 aromatic rings. The smallest absolute Gasteiger partial charge is 0.225 e. The largest absolute Gasteiger partial charge is 0.356 e. The van der Waals surface area contributed by atoms with Crippen molar-refractivity contribution in [1.82, 2.24) is 19.8 Å². The van der Waals surface area contributed by atoms with Gasteiger partial charge in [0.2, 0.25) is 11.8 Å². The van der Waals surface area contributed by atoms with Crippen molar-refractivity contribution in [3.05, 3.63) is 16.8 Å². The lowest BCUT2D eigenvalue weighted by molar-refractivity contribution is -0.142. The fourth-order valence-corrected chi connectivity index (χ4v) is 6.16. The first-order valence-electron chi connectivity index (χ1n) is 12.4. The zero-order chi connectivity index (χ0) is 23.5. The summed E-state index contributed by atoms with van der Waals surface area (Å²) < 4.78 is 0. The molecule has 180 valence electrons. The van der Waals surface area contributed by atoms with Crippen LogP contribution in [0.25, 0.3) is 10.2 Å². The van der Waals surface area contributed by atoms with Gasteiger partial charge in [-0.05, 0) is 51.5 Å². The van der Waals surface area contributed by atoms with Gasteiger partial charge in [0.05, 0.1) is 5.39 Å². The molecule has 2 saturated heterocycles. The van der Waals surface area contributed by atoms with E-state index >= 15 is 0 Å². The minimum atomic E-state index is 0.0650. The lowest BCUT2D eigenvalue weighted by Crippen LogP contribution is -2.47. The summed E-state index contributed by atoms with van der Waals surface area (Å²) in [5.41, 5.74) is 1.27. The first kappa shape index (κ1) is 23.9. The summed E-state index contributed by atoms with van der Waals surface area (Å²) in [7, 11) is 1.91. The first-order valence-corrected chi connectivity index (χ1v) is 13.2. The van der Waals surface area contributed by atoms with Gasteiger partial charge in [0.15, 0.2) is 0 Å². The van der Waals surface area contributed by atoms with Crippen LogP contribution in [-0.4, -0.2) is 71.4 Å². The molecule has 7 nitrogen and oxygen atoms in total. The Morgan fingerprint density at radius 2 is 1.73 bits per heavy atom. The molecule has 33 heavy (non-hydrogen) atoms. The van der Waals surface area contributed by atoms with Gasteiger partial charge in [0, 0.05) is 56.5 Å². The number of fused-ring (bicyclic) bond motifs is 1. The predicted molar refractivity (Wildman–Crippen MR) is 134 cm³/mol. The number of carbonyl (C=O) groups excluding carboxylic acids is 2. The summed E-state index contributed by atoms with van der Waals surface area (Å²) in [5, 5.41) is 1.17. The van der Waals surface area contributed by atoms with E-state index in [0.717, 1.165) is 68.8 Å². The standard InChI is InChI=1S/C25H37N5O2S/c1-5-6-11-28(4)24(31)19-9-14-30(15-10-19)25(32)20-7-12-29(13-8-20)22-21-17(2)18(3)33-23(21)27-16-26-22/h16,19-20H,5-15H2,1-4H3. The Morgan fingerprint density at radius 1 is 1.06 bits per heavy atom. The maximum atomic E-state index is 13.2. The Kier molecular flexibility index (Phi) is 7.51. The quantitative estimate of drug-likeness (QED) is 0.636. The molecule has 2 aromatic heterocycles. The molecule has 0 radical (unpaired) electrons. The van der Waals surface area contributed by atoms with Crippen LogP contribution >= 0.6 is 11.3 Å². The molecule has 2 aliphatic rings. The van der Waals surface area contributed by atoms with Gasteiger partial charge in [0.25, 0.3) is 0 Å². The van der Waals surface area contributed by atoms with Crippen LogP contribution in [0.15, 0.2) is 6.33 Å². The van der Waals surface area contributed by atoms with Gasteiger partial charge < -0.3 is 14.7 Å². The van der Waals surface area contributed by atoms with Crippen molar-refractivity contribution >= 4 is 39.2 Å². The molecule has 0 spiro atoms. The molecular weight excluding hydrogens is 434 g/mol. The van der Waals surface area contributed by atoms with E-state index in [9.17, 15) is 9.59 Å². The Morgan fingerprint density at radius 3 is 2.39 bits per heavy atom. The van der Waals surface area contributed by atoms with E-state index in [1.165, 1.54) is 15.8 Å². The lowest BCUT2D eigenvalue weighted by Gasteiger charge is -2.38. The average molecular weight is 472 g/mol. The van der Waals surface area contributed by atoms with E-state index in [1.807, 2.05) is 16.8 Å². The molecule has 4 rings (SSSR count). The number of anilines is 1. The van der Waals surface area contributed by atoms with Crippen molar-refractivity contribution in [2.24, 2.45) is 11.8 Å². The first-order chi connectivity index (χ1) is 15.9. The summed E-state index contributed by atoms with van der Waals surface area (Å²) in [6.45, 7) is 10.3. The van der Waals surface area contributed by atoms with Crippen LogP contribution in [0, 0.1) is 25.7 Å². The normalized spacial score (nSPS) is 18.2. The van der Waals surface area contributed by atoms with Gasteiger partial charge in [0.1, 0.15) is 17.0 Å². The van der Waals surface area contributed by atoms with Crippen molar-refractivity contribution in [2.45, 2.75) is 59.3 Å². The molecule has 0 N–H and O–H groups in total. The highest BCUT2D eigenvalue weighted by Crippen LogP contribution is 2.36. The van der Waals surface area contributed by atoms with Gasteiger partial charge >= 0.3 is 0 Å². The zero-order valence-corrected chi connectivity index (χ0v) is 21.3. The van der Waals surface area contributed by atoms with Crippen molar-refractivity contribution < 1.29 is 9.59 Å². The highest BCUT2D eigenvalue weighted by molar-refractivity contribution is 7.18. The fraction of sp³-hybridized carbons (Fsp3) is 0.680. The number of carbonyl (C=O) groups is 2. The topological polar surface area (TPSA) is 69.6 Å². The number of piperidine rings is 2. The Bertz CT molecular complexity index is 990. The molecule has 2 aliphatic heterocycles. The minimum Gasteiger partial charge on any atom is -0.356 e. The monoisotopic (exact) mass is 471 g/mol. The molecule has 0 atom stereocenters. The second kappa shape index (κ2) is 10.4. The van der Waals surface area contributed by atoms with Crippen LogP contribution in [0.3, 0.4) is 0 Å². The number of nitrogens with zero attached hydrogens (tertiary/aromatic N) is 5. The number of aromatic nitrogens is 2. The van der Waals surface area contributed by atoms with Crippen molar-refractivity contribution in [3.8, 4) is 0 Å². The van der Waals surface area contributed by atoms with Crippen molar-refractivity contribution in [2.75, 3.05) is 44.7 Å². The summed E-state index contributed by atoms with van der Waals surface area (Å²) >= 11 is 1.72. The molecule has 0 aliphatic carbocycles. The maximum absolute atomic E-state index is 13.2. The van der Waals surface area contributed by atoms with Gasteiger partial charge in [-0.2, -0.15) is 0 Å². The van der Waals surface area contributed by atoms with E-state index in [1.54, 1.807) is 17.7 Å². The molecule has 0 saturated carbocycles. The lowest BCUT2D eigenvalue weighted by atomic mass is 9.91. The number of likely N-dealkylation sites (tertiary alicyclic amines) is 1. The van der Waals surface area contributed by atoms with Crippen LogP contribution in [0.2, 0.25) is 0 Å². The predicted octanol–water partition coefficient (Wildman–Crippen LogP) is 4.02. The van der Waals surface area contributed by atoms with Gasteiger partial charge in [-0.1, -0.05) is 13.3 Å². The van der Waals surface area contributed by atoms with E-state index in [2.05, 4.69) is 35.6 Å². The maximum Gasteiger partial charge on any atom is 0.225 e. The third kappa shape index (κ3) is 5.00. The van der Waals surface area contributed by atoms with Crippen LogP contribution in [-0.2, 0) is 9.59 Å². The third-order valence-corrected chi connectivity index (χ3v) is 8.58. The number of thiophene rings is 1. The van der Waals surface area contributed by atoms with Crippen LogP contribution in [0.4, 0.5) is 5.82 Å². The highest BCUT2D eigenvalue weighted by Gasteiger charge is 2.34. The number of rotatable bonds is 6.